The van der Waals surface area contributed by atoms with Gasteiger partial charge in [-0.1, -0.05) is 24.8 Å². The molecule has 0 atom stereocenters. The first-order valence-electron chi connectivity index (χ1n) is 4.63. The van der Waals surface area contributed by atoms with Crippen molar-refractivity contribution in [3.05, 3.63) is 48.0 Å². The number of carbonyl (C=O) groups excluding carboxylic acids is 2. The van der Waals surface area contributed by atoms with Crippen LogP contribution in [0.4, 0.5) is 0 Å². The van der Waals surface area contributed by atoms with Gasteiger partial charge >= 0.3 is 5.97 Å². The highest BCUT2D eigenvalue weighted by molar-refractivity contribution is 6.11. The third kappa shape index (κ3) is 2.53. The van der Waals surface area contributed by atoms with Gasteiger partial charge in [-0.05, 0) is 19.1 Å². The van der Waals surface area contributed by atoms with E-state index in [1.807, 2.05) is 0 Å². The molecule has 0 heterocycles. The number of allylic oxidation sites excluding steroid dienone is 1. The molecular weight excluding hydrogens is 192 g/mol. The topological polar surface area (TPSA) is 43.4 Å². The minimum absolute atomic E-state index is 0.279. The third-order valence-electron chi connectivity index (χ3n) is 1.87. The highest BCUT2D eigenvalue weighted by Gasteiger charge is 2.14. The van der Waals surface area contributed by atoms with Crippen molar-refractivity contribution in [2.24, 2.45) is 0 Å². The van der Waals surface area contributed by atoms with Crippen LogP contribution in [0.15, 0.2) is 36.9 Å². The summed E-state index contributed by atoms with van der Waals surface area (Å²) < 4.78 is 4.84. The fourth-order valence-corrected chi connectivity index (χ4v) is 1.19. The van der Waals surface area contributed by atoms with E-state index in [-0.39, 0.29) is 18.0 Å². The molecule has 0 fully saturated rings. The van der Waals surface area contributed by atoms with E-state index in [1.165, 1.54) is 6.08 Å². The van der Waals surface area contributed by atoms with Crippen molar-refractivity contribution in [1.82, 2.24) is 0 Å². The number of esters is 1. The fourth-order valence-electron chi connectivity index (χ4n) is 1.19. The molecule has 0 saturated carbocycles. The second kappa shape index (κ2) is 5.10. The standard InChI is InChI=1S/C12H12O3/c1-3-11(13)9-7-5-6-8-10(9)12(14)15-4-2/h3,5-8H,1,4H2,2H3. The summed E-state index contributed by atoms with van der Waals surface area (Å²) in [4.78, 5) is 22.9. The summed E-state index contributed by atoms with van der Waals surface area (Å²) in [5.74, 6) is -0.762. The molecule has 78 valence electrons. The summed E-state index contributed by atoms with van der Waals surface area (Å²) in [5.41, 5.74) is 0.607. The zero-order chi connectivity index (χ0) is 11.3. The molecule has 0 aliphatic carbocycles. The molecule has 0 saturated heterocycles. The van der Waals surface area contributed by atoms with Crippen molar-refractivity contribution < 1.29 is 14.3 Å². The Bertz CT molecular complexity index is 394. The summed E-state index contributed by atoms with van der Waals surface area (Å²) in [7, 11) is 0. The van der Waals surface area contributed by atoms with E-state index in [4.69, 9.17) is 4.74 Å². The summed E-state index contributed by atoms with van der Waals surface area (Å²) in [5, 5.41) is 0. The lowest BCUT2D eigenvalue weighted by Gasteiger charge is -2.05. The van der Waals surface area contributed by atoms with E-state index >= 15 is 0 Å². The van der Waals surface area contributed by atoms with Gasteiger partial charge in [-0.2, -0.15) is 0 Å². The second-order valence-corrected chi connectivity index (χ2v) is 2.83. The molecule has 1 rings (SSSR count). The summed E-state index contributed by atoms with van der Waals surface area (Å²) in [6, 6.07) is 6.52. The number of benzene rings is 1. The third-order valence-corrected chi connectivity index (χ3v) is 1.87. The van der Waals surface area contributed by atoms with Crippen LogP contribution in [-0.2, 0) is 4.74 Å². The quantitative estimate of drug-likeness (QED) is 0.429. The number of hydrogen-bond donors (Lipinski definition) is 0. The van der Waals surface area contributed by atoms with Crippen molar-refractivity contribution in [1.29, 1.82) is 0 Å². The van der Waals surface area contributed by atoms with Crippen molar-refractivity contribution in [2.45, 2.75) is 6.92 Å². The second-order valence-electron chi connectivity index (χ2n) is 2.83. The zero-order valence-electron chi connectivity index (χ0n) is 8.53. The molecule has 0 aromatic heterocycles. The molecular formula is C12H12O3. The van der Waals surface area contributed by atoms with E-state index < -0.39 is 5.97 Å². The van der Waals surface area contributed by atoms with Gasteiger partial charge in [-0.3, -0.25) is 4.79 Å². The number of carbonyl (C=O) groups is 2. The molecule has 3 nitrogen and oxygen atoms in total. The monoisotopic (exact) mass is 204 g/mol. The van der Waals surface area contributed by atoms with E-state index in [9.17, 15) is 9.59 Å². The Labute approximate surface area is 88.4 Å². The lowest BCUT2D eigenvalue weighted by molar-refractivity contribution is 0.0523. The van der Waals surface area contributed by atoms with Crippen LogP contribution >= 0.6 is 0 Å². The minimum Gasteiger partial charge on any atom is -0.462 e. The molecule has 1 aromatic carbocycles. The van der Waals surface area contributed by atoms with Crippen LogP contribution in [0.3, 0.4) is 0 Å². The molecule has 0 bridgehead atoms. The van der Waals surface area contributed by atoms with Gasteiger partial charge in [0.2, 0.25) is 0 Å². The number of rotatable bonds is 4. The number of hydrogen-bond acceptors (Lipinski definition) is 3. The van der Waals surface area contributed by atoms with Crippen molar-refractivity contribution >= 4 is 11.8 Å². The summed E-state index contributed by atoms with van der Waals surface area (Å²) in [6.45, 7) is 5.39. The van der Waals surface area contributed by atoms with Gasteiger partial charge < -0.3 is 4.74 Å². The Kier molecular flexibility index (Phi) is 3.80. The zero-order valence-corrected chi connectivity index (χ0v) is 8.53. The predicted octanol–water partition coefficient (Wildman–Crippen LogP) is 2.23. The number of ether oxygens (including phenoxy) is 1. The molecule has 0 amide bonds. The smallest absolute Gasteiger partial charge is 0.338 e. The maximum Gasteiger partial charge on any atom is 0.338 e. The Balaban J connectivity index is 3.11. The first-order chi connectivity index (χ1) is 7.20. The van der Waals surface area contributed by atoms with Gasteiger partial charge in [0.1, 0.15) is 0 Å². The Morgan fingerprint density at radius 1 is 1.33 bits per heavy atom. The SMILES string of the molecule is C=CC(=O)c1ccccc1C(=O)OCC. The van der Waals surface area contributed by atoms with E-state index in [0.717, 1.165) is 0 Å². The van der Waals surface area contributed by atoms with Crippen LogP contribution in [0.2, 0.25) is 0 Å². The van der Waals surface area contributed by atoms with Gasteiger partial charge in [0.05, 0.1) is 12.2 Å². The Morgan fingerprint density at radius 3 is 2.47 bits per heavy atom. The molecule has 3 heteroatoms. The van der Waals surface area contributed by atoms with Gasteiger partial charge in [0.25, 0.3) is 0 Å². The van der Waals surface area contributed by atoms with Crippen LogP contribution in [0.25, 0.3) is 0 Å². The fraction of sp³-hybridized carbons (Fsp3) is 0.167. The highest BCUT2D eigenvalue weighted by Crippen LogP contribution is 2.11. The van der Waals surface area contributed by atoms with E-state index in [2.05, 4.69) is 6.58 Å². The molecule has 1 aromatic rings. The first-order valence-corrected chi connectivity index (χ1v) is 4.63. The van der Waals surface area contributed by atoms with Crippen LogP contribution in [0.1, 0.15) is 27.6 Å². The van der Waals surface area contributed by atoms with Crippen molar-refractivity contribution in [3.8, 4) is 0 Å². The van der Waals surface area contributed by atoms with Crippen LogP contribution < -0.4 is 0 Å². The maximum atomic E-state index is 11.5. The molecule has 0 spiro atoms. The van der Waals surface area contributed by atoms with Gasteiger partial charge in [0.15, 0.2) is 5.78 Å². The lowest BCUT2D eigenvalue weighted by atomic mass is 10.0. The van der Waals surface area contributed by atoms with Crippen molar-refractivity contribution in [2.75, 3.05) is 6.61 Å². The van der Waals surface area contributed by atoms with E-state index in [0.29, 0.717) is 5.56 Å². The molecule has 0 aliphatic heterocycles. The summed E-state index contributed by atoms with van der Waals surface area (Å²) in [6.07, 6.45) is 1.18. The molecule has 0 N–H and O–H groups in total. The molecule has 0 radical (unpaired) electrons. The Hall–Kier alpha value is -1.90. The van der Waals surface area contributed by atoms with E-state index in [1.54, 1.807) is 31.2 Å². The van der Waals surface area contributed by atoms with Crippen LogP contribution in [0, 0.1) is 0 Å². The highest BCUT2D eigenvalue weighted by atomic mass is 16.5. The minimum atomic E-state index is -0.483. The van der Waals surface area contributed by atoms with Crippen LogP contribution in [-0.4, -0.2) is 18.4 Å². The predicted molar refractivity (Wildman–Crippen MR) is 56.9 cm³/mol. The van der Waals surface area contributed by atoms with Gasteiger partial charge in [-0.25, -0.2) is 4.79 Å². The van der Waals surface area contributed by atoms with Gasteiger partial charge in [-0.15, -0.1) is 0 Å². The first kappa shape index (κ1) is 11.2. The van der Waals surface area contributed by atoms with Gasteiger partial charge in [0, 0.05) is 5.56 Å². The lowest BCUT2D eigenvalue weighted by Crippen LogP contribution is -2.10. The largest absolute Gasteiger partial charge is 0.462 e. The maximum absolute atomic E-state index is 11.5. The van der Waals surface area contributed by atoms with Crippen molar-refractivity contribution in [3.63, 3.8) is 0 Å². The van der Waals surface area contributed by atoms with Crippen LogP contribution in [0.5, 0.6) is 0 Å². The molecule has 0 unspecified atom stereocenters. The molecule has 0 aliphatic rings. The summed E-state index contributed by atoms with van der Waals surface area (Å²) >= 11 is 0. The molecule has 15 heavy (non-hydrogen) atoms. The average Bonchev–Trinajstić information content (AvgIpc) is 2.28. The normalized spacial score (nSPS) is 9.40. The average molecular weight is 204 g/mol. The number of ketones is 1. The Morgan fingerprint density at radius 2 is 1.93 bits per heavy atom.